The summed E-state index contributed by atoms with van der Waals surface area (Å²) in [7, 11) is 3.80. The second kappa shape index (κ2) is 9.20. The fourth-order valence-electron chi connectivity index (χ4n) is 3.33. The molecule has 1 N–H and O–H groups in total. The molecule has 1 atom stereocenters. The van der Waals surface area contributed by atoms with Gasteiger partial charge in [-0.2, -0.15) is 5.10 Å². The molecule has 0 saturated carbocycles. The molecule has 1 heterocycles. The molecule has 0 bridgehead atoms. The van der Waals surface area contributed by atoms with E-state index >= 15 is 0 Å². The van der Waals surface area contributed by atoms with Gasteiger partial charge in [0.2, 0.25) is 0 Å². The number of hydrogen-bond acceptors (Lipinski definition) is 3. The molecule has 1 amide bonds. The first kappa shape index (κ1) is 21.0. The lowest BCUT2D eigenvalue weighted by molar-refractivity contribution is 0.0941. The number of nitrogens with zero attached hydrogens (tertiary/aromatic N) is 3. The van der Waals surface area contributed by atoms with E-state index in [4.69, 9.17) is 11.6 Å². The summed E-state index contributed by atoms with van der Waals surface area (Å²) in [5.41, 5.74) is 2.93. The number of likely N-dealkylation sites (N-methyl/N-ethyl adjacent to an activating group) is 1. The van der Waals surface area contributed by atoms with E-state index in [0.29, 0.717) is 23.6 Å². The Bertz CT molecular complexity index is 1000. The Kier molecular flexibility index (Phi) is 6.67. The van der Waals surface area contributed by atoms with Crippen LogP contribution in [-0.4, -0.2) is 41.2 Å². The van der Waals surface area contributed by atoms with Crippen molar-refractivity contribution in [3.05, 3.63) is 82.4 Å². The van der Waals surface area contributed by atoms with E-state index in [9.17, 15) is 9.18 Å². The maximum absolute atomic E-state index is 13.6. The van der Waals surface area contributed by atoms with Crippen molar-refractivity contribution in [2.24, 2.45) is 0 Å². The summed E-state index contributed by atoms with van der Waals surface area (Å²) >= 11 is 6.09. The molecule has 3 aromatic rings. The molecule has 0 fully saturated rings. The average molecular weight is 415 g/mol. The van der Waals surface area contributed by atoms with Crippen LogP contribution in [0.3, 0.4) is 0 Å². The maximum Gasteiger partial charge on any atom is 0.254 e. The Hall–Kier alpha value is -2.70. The quantitative estimate of drug-likeness (QED) is 0.628. The van der Waals surface area contributed by atoms with Crippen molar-refractivity contribution < 1.29 is 9.18 Å². The molecule has 0 saturated heterocycles. The Morgan fingerprint density at radius 1 is 1.24 bits per heavy atom. The maximum atomic E-state index is 13.6. The Morgan fingerprint density at radius 2 is 2.00 bits per heavy atom. The van der Waals surface area contributed by atoms with Crippen molar-refractivity contribution >= 4 is 17.5 Å². The molecule has 0 radical (unpaired) electrons. The van der Waals surface area contributed by atoms with Crippen LogP contribution >= 0.6 is 11.6 Å². The van der Waals surface area contributed by atoms with Gasteiger partial charge in [-0.3, -0.25) is 4.79 Å². The van der Waals surface area contributed by atoms with Gasteiger partial charge in [0.15, 0.2) is 0 Å². The summed E-state index contributed by atoms with van der Waals surface area (Å²) in [6.07, 6.45) is 2.21. The van der Waals surface area contributed by atoms with Crippen molar-refractivity contribution in [3.8, 4) is 5.69 Å². The summed E-state index contributed by atoms with van der Waals surface area (Å²) in [5.74, 6) is -0.505. The van der Waals surface area contributed by atoms with Crippen LogP contribution in [-0.2, 0) is 6.42 Å². The summed E-state index contributed by atoms with van der Waals surface area (Å²) in [4.78, 5) is 14.8. The van der Waals surface area contributed by atoms with E-state index in [-0.39, 0.29) is 17.8 Å². The minimum Gasteiger partial charge on any atom is -0.350 e. The van der Waals surface area contributed by atoms with E-state index in [1.807, 2.05) is 44.1 Å². The second-order valence-corrected chi connectivity index (χ2v) is 7.43. The molecule has 3 rings (SSSR count). The van der Waals surface area contributed by atoms with Gasteiger partial charge >= 0.3 is 0 Å². The Balaban J connectivity index is 1.80. The number of amides is 1. The highest BCUT2D eigenvalue weighted by Gasteiger charge is 2.20. The highest BCUT2D eigenvalue weighted by molar-refractivity contribution is 6.30. The molecule has 0 aliphatic rings. The van der Waals surface area contributed by atoms with Gasteiger partial charge in [0.1, 0.15) is 5.82 Å². The van der Waals surface area contributed by atoms with Crippen LogP contribution in [0.15, 0.2) is 54.7 Å². The van der Waals surface area contributed by atoms with Crippen LogP contribution in [0.2, 0.25) is 5.02 Å². The zero-order valence-electron chi connectivity index (χ0n) is 16.7. The number of aromatic nitrogens is 2. The monoisotopic (exact) mass is 414 g/mol. The molecule has 152 valence electrons. The predicted octanol–water partition coefficient (Wildman–Crippen LogP) is 4.26. The topological polar surface area (TPSA) is 50.2 Å². The van der Waals surface area contributed by atoms with Gasteiger partial charge < -0.3 is 10.2 Å². The predicted molar refractivity (Wildman–Crippen MR) is 113 cm³/mol. The molecule has 2 aromatic carbocycles. The van der Waals surface area contributed by atoms with Gasteiger partial charge in [0, 0.05) is 11.6 Å². The van der Waals surface area contributed by atoms with Crippen molar-refractivity contribution in [2.75, 3.05) is 20.6 Å². The molecular weight excluding hydrogens is 391 g/mol. The van der Waals surface area contributed by atoms with Crippen molar-refractivity contribution in [1.82, 2.24) is 20.0 Å². The number of halogens is 2. The molecule has 0 aliphatic carbocycles. The van der Waals surface area contributed by atoms with Crippen LogP contribution < -0.4 is 5.32 Å². The van der Waals surface area contributed by atoms with E-state index in [1.165, 1.54) is 12.1 Å². The number of benzene rings is 2. The molecular formula is C22H24ClFN4O. The smallest absolute Gasteiger partial charge is 0.254 e. The number of carbonyl (C=O) groups excluding carboxylic acids is 1. The minimum absolute atomic E-state index is 0.150. The van der Waals surface area contributed by atoms with Crippen LogP contribution in [0.5, 0.6) is 0 Å². The summed E-state index contributed by atoms with van der Waals surface area (Å²) in [6.45, 7) is 2.32. The SMILES string of the molecule is CCc1c(C(=O)NCC(c2cccc(F)c2)N(C)C)cnn1-c1cccc(Cl)c1. The molecule has 0 aliphatic heterocycles. The first-order chi connectivity index (χ1) is 13.9. The van der Waals surface area contributed by atoms with Gasteiger partial charge in [-0.05, 0) is 56.4 Å². The standard InChI is InChI=1S/C22H24ClFN4O/c1-4-20-19(13-26-28(20)18-10-6-8-16(23)12-18)22(29)25-14-21(27(2)3)15-7-5-9-17(24)11-15/h5-13,21H,4,14H2,1-3H3,(H,25,29). The fourth-order valence-corrected chi connectivity index (χ4v) is 3.52. The Morgan fingerprint density at radius 3 is 2.66 bits per heavy atom. The lowest BCUT2D eigenvalue weighted by Gasteiger charge is -2.25. The van der Waals surface area contributed by atoms with Crippen molar-refractivity contribution in [2.45, 2.75) is 19.4 Å². The van der Waals surface area contributed by atoms with Crippen LogP contribution in [0.1, 0.15) is 34.6 Å². The molecule has 5 nitrogen and oxygen atoms in total. The van der Waals surface area contributed by atoms with Crippen LogP contribution in [0, 0.1) is 5.82 Å². The van der Waals surface area contributed by atoms with Crippen LogP contribution in [0.25, 0.3) is 5.69 Å². The zero-order chi connectivity index (χ0) is 21.0. The lowest BCUT2D eigenvalue weighted by Crippen LogP contribution is -2.34. The van der Waals surface area contributed by atoms with E-state index < -0.39 is 0 Å². The number of hydrogen-bond donors (Lipinski definition) is 1. The van der Waals surface area contributed by atoms with Crippen molar-refractivity contribution in [3.63, 3.8) is 0 Å². The largest absolute Gasteiger partial charge is 0.350 e. The van der Waals surface area contributed by atoms with E-state index in [1.54, 1.807) is 29.1 Å². The van der Waals surface area contributed by atoms with Crippen LogP contribution in [0.4, 0.5) is 4.39 Å². The number of carbonyl (C=O) groups is 1. The highest BCUT2D eigenvalue weighted by atomic mass is 35.5. The lowest BCUT2D eigenvalue weighted by atomic mass is 10.1. The fraction of sp³-hybridized carbons (Fsp3) is 0.273. The summed E-state index contributed by atoms with van der Waals surface area (Å²) < 4.78 is 15.4. The molecule has 0 spiro atoms. The van der Waals surface area contributed by atoms with E-state index in [0.717, 1.165) is 16.9 Å². The average Bonchev–Trinajstić information content (AvgIpc) is 3.12. The number of rotatable bonds is 7. The first-order valence-electron chi connectivity index (χ1n) is 9.43. The molecule has 1 unspecified atom stereocenters. The van der Waals surface area contributed by atoms with Gasteiger partial charge in [0.05, 0.1) is 29.2 Å². The summed E-state index contributed by atoms with van der Waals surface area (Å²) in [5, 5.41) is 7.96. The first-order valence-corrected chi connectivity index (χ1v) is 9.81. The number of nitrogens with one attached hydrogen (secondary N) is 1. The zero-order valence-corrected chi connectivity index (χ0v) is 17.4. The Labute approximate surface area is 175 Å². The van der Waals surface area contributed by atoms with Crippen molar-refractivity contribution in [1.29, 1.82) is 0 Å². The minimum atomic E-state index is -0.295. The molecule has 1 aromatic heterocycles. The second-order valence-electron chi connectivity index (χ2n) is 6.99. The molecule has 29 heavy (non-hydrogen) atoms. The molecule has 7 heteroatoms. The third-order valence-corrected chi connectivity index (χ3v) is 5.05. The van der Waals surface area contributed by atoms with Gasteiger partial charge in [-0.1, -0.05) is 36.7 Å². The highest BCUT2D eigenvalue weighted by Crippen LogP contribution is 2.21. The third kappa shape index (κ3) is 4.83. The summed E-state index contributed by atoms with van der Waals surface area (Å²) in [6, 6.07) is 13.6. The van der Waals surface area contributed by atoms with Gasteiger partial charge in [-0.25, -0.2) is 9.07 Å². The van der Waals surface area contributed by atoms with E-state index in [2.05, 4.69) is 10.4 Å². The third-order valence-electron chi connectivity index (χ3n) is 4.81. The van der Waals surface area contributed by atoms with Gasteiger partial charge in [0.25, 0.3) is 5.91 Å². The normalized spacial score (nSPS) is 12.2. The van der Waals surface area contributed by atoms with Gasteiger partial charge in [-0.15, -0.1) is 0 Å².